The molecule has 0 aliphatic heterocycles. The van der Waals surface area contributed by atoms with Gasteiger partial charge in [-0.15, -0.1) is 10.2 Å². The number of hydrogen-bond acceptors (Lipinski definition) is 6. The molecule has 0 radical (unpaired) electrons. The number of phenolic OH excluding ortho intramolecular Hbond substituents is 1. The average Bonchev–Trinajstić information content (AvgIpc) is 3.26. The zero-order valence-electron chi connectivity index (χ0n) is 18.6. The number of hydrogen-bond donors (Lipinski definition) is 2. The third kappa shape index (κ3) is 5.65. The molecule has 1 heterocycles. The summed E-state index contributed by atoms with van der Waals surface area (Å²) in [5, 5.41) is 23.7. The number of thioether (sulfide) groups is 1. The van der Waals surface area contributed by atoms with Gasteiger partial charge in [0.25, 0.3) is 5.91 Å². The van der Waals surface area contributed by atoms with E-state index in [1.807, 2.05) is 54.0 Å². The molecule has 172 valence electrons. The molecule has 0 bridgehead atoms. The van der Waals surface area contributed by atoms with Crippen LogP contribution in [0.2, 0.25) is 5.02 Å². The highest BCUT2D eigenvalue weighted by Gasteiger charge is 2.17. The van der Waals surface area contributed by atoms with E-state index in [0.29, 0.717) is 21.7 Å². The maximum atomic E-state index is 12.5. The van der Waals surface area contributed by atoms with Crippen molar-refractivity contribution in [2.24, 2.45) is 5.10 Å². The van der Waals surface area contributed by atoms with Crippen molar-refractivity contribution in [3.63, 3.8) is 0 Å². The maximum Gasteiger partial charge on any atom is 0.250 e. The van der Waals surface area contributed by atoms with Crippen LogP contribution >= 0.6 is 23.4 Å². The summed E-state index contributed by atoms with van der Waals surface area (Å²) in [6.07, 6.45) is 0. The van der Waals surface area contributed by atoms with Crippen molar-refractivity contribution >= 4 is 35.0 Å². The zero-order chi connectivity index (χ0) is 24.1. The van der Waals surface area contributed by atoms with Crippen LogP contribution in [0, 0.1) is 6.92 Å². The van der Waals surface area contributed by atoms with Crippen LogP contribution in [0.25, 0.3) is 17.1 Å². The molecule has 34 heavy (non-hydrogen) atoms. The summed E-state index contributed by atoms with van der Waals surface area (Å²) < 4.78 is 1.92. The number of rotatable bonds is 7. The monoisotopic (exact) mass is 491 g/mol. The molecule has 2 N–H and O–H groups in total. The molecule has 0 saturated heterocycles. The van der Waals surface area contributed by atoms with E-state index in [0.717, 1.165) is 22.4 Å². The molecule has 4 rings (SSSR count). The highest BCUT2D eigenvalue weighted by molar-refractivity contribution is 7.99. The number of aryl methyl sites for hydroxylation is 1. The van der Waals surface area contributed by atoms with Crippen LogP contribution in [0.3, 0.4) is 0 Å². The lowest BCUT2D eigenvalue weighted by Gasteiger charge is -2.11. The third-order valence-corrected chi connectivity index (χ3v) is 6.15. The zero-order valence-corrected chi connectivity index (χ0v) is 20.1. The van der Waals surface area contributed by atoms with Gasteiger partial charge >= 0.3 is 0 Å². The molecule has 1 aromatic heterocycles. The highest BCUT2D eigenvalue weighted by atomic mass is 35.5. The van der Waals surface area contributed by atoms with Gasteiger partial charge in [-0.1, -0.05) is 53.2 Å². The standard InChI is InChI=1S/C25H22ClN5O2S/c1-16-6-12-21(13-7-16)31-24(18-8-10-20(26)11-9-18)29-30-25(31)34-15-23(33)28-27-17(2)19-4-3-5-22(32)14-19/h3-14,32H,15H2,1-2H3,(H,28,33)/b27-17-. The Balaban J connectivity index is 1.53. The number of aromatic nitrogens is 3. The molecular weight excluding hydrogens is 470 g/mol. The average molecular weight is 492 g/mol. The van der Waals surface area contributed by atoms with Crippen LogP contribution in [-0.4, -0.2) is 37.2 Å². The second-order valence-electron chi connectivity index (χ2n) is 7.56. The van der Waals surface area contributed by atoms with Gasteiger partial charge in [0.15, 0.2) is 11.0 Å². The van der Waals surface area contributed by atoms with E-state index < -0.39 is 0 Å². The van der Waals surface area contributed by atoms with Crippen molar-refractivity contribution in [2.45, 2.75) is 19.0 Å². The molecule has 3 aromatic carbocycles. The SMILES string of the molecule is C/C(=N/NC(=O)CSc1nnc(-c2ccc(Cl)cc2)n1-c1ccc(C)cc1)c1cccc(O)c1. The smallest absolute Gasteiger partial charge is 0.250 e. The van der Waals surface area contributed by atoms with Gasteiger partial charge in [-0.05, 0) is 62.4 Å². The van der Waals surface area contributed by atoms with Gasteiger partial charge < -0.3 is 5.11 Å². The second-order valence-corrected chi connectivity index (χ2v) is 8.93. The Hall–Kier alpha value is -3.62. The lowest BCUT2D eigenvalue weighted by atomic mass is 10.1. The first-order valence-corrected chi connectivity index (χ1v) is 11.8. The number of carbonyl (C=O) groups excluding carboxylic acids is 1. The quantitative estimate of drug-likeness (QED) is 0.210. The lowest BCUT2D eigenvalue weighted by molar-refractivity contribution is -0.118. The number of carbonyl (C=O) groups is 1. The van der Waals surface area contributed by atoms with Crippen LogP contribution in [0.4, 0.5) is 0 Å². The number of nitrogens with zero attached hydrogens (tertiary/aromatic N) is 4. The summed E-state index contributed by atoms with van der Waals surface area (Å²) in [7, 11) is 0. The summed E-state index contributed by atoms with van der Waals surface area (Å²) in [5.74, 6) is 0.611. The fourth-order valence-corrected chi connectivity index (χ4v) is 4.05. The van der Waals surface area contributed by atoms with E-state index in [-0.39, 0.29) is 17.4 Å². The predicted molar refractivity (Wildman–Crippen MR) is 136 cm³/mol. The molecule has 0 aliphatic carbocycles. The molecule has 4 aromatic rings. The van der Waals surface area contributed by atoms with Crippen molar-refractivity contribution < 1.29 is 9.90 Å². The minimum Gasteiger partial charge on any atom is -0.508 e. The van der Waals surface area contributed by atoms with E-state index >= 15 is 0 Å². The molecule has 1 amide bonds. The van der Waals surface area contributed by atoms with Gasteiger partial charge in [-0.25, -0.2) is 5.43 Å². The third-order valence-electron chi connectivity index (χ3n) is 4.97. The number of aromatic hydroxyl groups is 1. The molecule has 0 atom stereocenters. The van der Waals surface area contributed by atoms with Crippen molar-refractivity contribution in [1.29, 1.82) is 0 Å². The summed E-state index contributed by atoms with van der Waals surface area (Å²) in [4.78, 5) is 12.5. The molecular formula is C25H22ClN5O2S. The van der Waals surface area contributed by atoms with Crippen LogP contribution in [-0.2, 0) is 4.79 Å². The van der Waals surface area contributed by atoms with E-state index in [1.165, 1.54) is 11.8 Å². The Labute approximate surface area is 206 Å². The summed E-state index contributed by atoms with van der Waals surface area (Å²) in [5.41, 5.74) is 6.75. The number of benzene rings is 3. The highest BCUT2D eigenvalue weighted by Crippen LogP contribution is 2.28. The van der Waals surface area contributed by atoms with Crippen LogP contribution < -0.4 is 5.43 Å². The van der Waals surface area contributed by atoms with Crippen LogP contribution in [0.5, 0.6) is 5.75 Å². The molecule has 0 spiro atoms. The van der Waals surface area contributed by atoms with Gasteiger partial charge in [0, 0.05) is 21.8 Å². The van der Waals surface area contributed by atoms with Gasteiger partial charge in [0.1, 0.15) is 5.75 Å². The Bertz CT molecular complexity index is 1330. The minimum absolute atomic E-state index is 0.0986. The number of halogens is 1. The van der Waals surface area contributed by atoms with Gasteiger partial charge in [0.05, 0.1) is 11.5 Å². The number of phenols is 1. The van der Waals surface area contributed by atoms with E-state index in [1.54, 1.807) is 37.3 Å². The topological polar surface area (TPSA) is 92.4 Å². The summed E-state index contributed by atoms with van der Waals surface area (Å²) in [6, 6.07) is 22.1. The molecule has 9 heteroatoms. The van der Waals surface area contributed by atoms with E-state index in [9.17, 15) is 9.90 Å². The van der Waals surface area contributed by atoms with Crippen molar-refractivity contribution in [1.82, 2.24) is 20.2 Å². The minimum atomic E-state index is -0.281. The van der Waals surface area contributed by atoms with E-state index in [2.05, 4.69) is 20.7 Å². The van der Waals surface area contributed by atoms with Gasteiger partial charge in [-0.2, -0.15) is 5.10 Å². The largest absolute Gasteiger partial charge is 0.508 e. The van der Waals surface area contributed by atoms with Crippen molar-refractivity contribution in [3.05, 3.63) is 88.9 Å². The first kappa shape index (κ1) is 23.5. The predicted octanol–water partition coefficient (Wildman–Crippen LogP) is 5.23. The fraction of sp³-hybridized carbons (Fsp3) is 0.120. The molecule has 0 unspecified atom stereocenters. The van der Waals surface area contributed by atoms with Crippen LogP contribution in [0.1, 0.15) is 18.1 Å². The summed E-state index contributed by atoms with van der Waals surface area (Å²) in [6.45, 7) is 3.78. The second kappa shape index (κ2) is 10.5. The Kier molecular flexibility index (Phi) is 7.30. The number of hydrazone groups is 1. The van der Waals surface area contributed by atoms with Crippen molar-refractivity contribution in [3.8, 4) is 22.8 Å². The Morgan fingerprint density at radius 1 is 1.09 bits per heavy atom. The normalized spacial score (nSPS) is 11.4. The Morgan fingerprint density at radius 2 is 1.82 bits per heavy atom. The number of nitrogens with one attached hydrogen (secondary N) is 1. The van der Waals surface area contributed by atoms with Crippen molar-refractivity contribution in [2.75, 3.05) is 5.75 Å². The summed E-state index contributed by atoms with van der Waals surface area (Å²) >= 11 is 7.31. The number of amides is 1. The molecule has 7 nitrogen and oxygen atoms in total. The van der Waals surface area contributed by atoms with Crippen LogP contribution in [0.15, 0.2) is 83.1 Å². The molecule has 0 fully saturated rings. The first-order chi connectivity index (χ1) is 16.4. The first-order valence-electron chi connectivity index (χ1n) is 10.4. The van der Waals surface area contributed by atoms with E-state index in [4.69, 9.17) is 11.6 Å². The molecule has 0 aliphatic rings. The molecule has 0 saturated carbocycles. The van der Waals surface area contributed by atoms with Gasteiger partial charge in [0.2, 0.25) is 0 Å². The lowest BCUT2D eigenvalue weighted by Crippen LogP contribution is -2.21. The fourth-order valence-electron chi connectivity index (χ4n) is 3.18. The van der Waals surface area contributed by atoms with Gasteiger partial charge in [-0.3, -0.25) is 9.36 Å². The maximum absolute atomic E-state index is 12.5. The Morgan fingerprint density at radius 3 is 2.53 bits per heavy atom.